The molecule has 2 aliphatic rings. The molecule has 1 N–H and O–H groups in total. The fraction of sp³-hybridized carbons (Fsp3) is 0.536. The molecule has 1 aromatic carbocycles. The van der Waals surface area contributed by atoms with Crippen molar-refractivity contribution in [1.82, 2.24) is 30.4 Å². The molecule has 2 amide bonds. The van der Waals surface area contributed by atoms with E-state index in [-0.39, 0.29) is 30.5 Å². The fourth-order valence-electron chi connectivity index (χ4n) is 5.37. The second kappa shape index (κ2) is 13.2. The number of nitrogens with one attached hydrogen (secondary N) is 1. The third-order valence-electron chi connectivity index (χ3n) is 7.44. The van der Waals surface area contributed by atoms with E-state index in [0.717, 1.165) is 43.4 Å². The number of ether oxygens (including phenoxy) is 3. The topological polar surface area (TPSA) is 121 Å². The molecular formula is C28H36N6O5S. The van der Waals surface area contributed by atoms with Crippen LogP contribution in [0.2, 0.25) is 0 Å². The van der Waals surface area contributed by atoms with E-state index in [9.17, 15) is 9.59 Å². The first-order chi connectivity index (χ1) is 19.6. The van der Waals surface area contributed by atoms with Crippen molar-refractivity contribution in [2.45, 2.75) is 69.7 Å². The lowest BCUT2D eigenvalue weighted by Gasteiger charge is -2.33. The highest BCUT2D eigenvalue weighted by atomic mass is 32.1. The number of nitrogens with zero attached hydrogens (tertiary/aromatic N) is 5. The van der Waals surface area contributed by atoms with Crippen molar-refractivity contribution >= 4 is 23.2 Å². The first kappa shape index (κ1) is 28.0. The molecule has 3 heterocycles. The number of rotatable bonds is 11. The highest BCUT2D eigenvalue weighted by Gasteiger charge is 2.36. The summed E-state index contributed by atoms with van der Waals surface area (Å²) in [4.78, 5) is 31.4. The number of hydrogen-bond acceptors (Lipinski definition) is 9. The Morgan fingerprint density at radius 1 is 1.12 bits per heavy atom. The van der Waals surface area contributed by atoms with Crippen molar-refractivity contribution in [3.8, 4) is 22.9 Å². The molecular weight excluding hydrogens is 532 g/mol. The van der Waals surface area contributed by atoms with E-state index >= 15 is 0 Å². The molecule has 1 saturated carbocycles. The van der Waals surface area contributed by atoms with Gasteiger partial charge in [0, 0.05) is 29.6 Å². The summed E-state index contributed by atoms with van der Waals surface area (Å²) >= 11 is 1.47. The number of carbonyl (C=O) groups is 2. The van der Waals surface area contributed by atoms with Gasteiger partial charge in [-0.15, -0.1) is 21.5 Å². The zero-order valence-electron chi connectivity index (χ0n) is 23.0. The number of amides is 2. The van der Waals surface area contributed by atoms with Gasteiger partial charge in [-0.25, -0.2) is 0 Å². The summed E-state index contributed by atoms with van der Waals surface area (Å²) < 4.78 is 16.6. The Balaban J connectivity index is 1.38. The van der Waals surface area contributed by atoms with Crippen LogP contribution in [0.3, 0.4) is 0 Å². The summed E-state index contributed by atoms with van der Waals surface area (Å²) in [5.74, 6) is 1.05. The number of hydrogen-bond donors (Lipinski definition) is 1. The molecule has 2 fully saturated rings. The Hall–Kier alpha value is -3.51. The number of benzene rings is 1. The molecule has 11 nitrogen and oxygen atoms in total. The third-order valence-corrected chi connectivity index (χ3v) is 8.36. The van der Waals surface area contributed by atoms with Gasteiger partial charge in [0.1, 0.15) is 12.6 Å². The van der Waals surface area contributed by atoms with Gasteiger partial charge in [0.05, 0.1) is 20.3 Å². The maximum Gasteiger partial charge on any atom is 0.248 e. The van der Waals surface area contributed by atoms with Crippen LogP contribution in [0.5, 0.6) is 11.5 Å². The summed E-state index contributed by atoms with van der Waals surface area (Å²) in [5, 5.41) is 17.9. The van der Waals surface area contributed by atoms with Gasteiger partial charge in [-0.3, -0.25) is 9.59 Å². The van der Waals surface area contributed by atoms with Crippen LogP contribution < -0.4 is 14.8 Å². The number of aromatic nitrogens is 4. The lowest BCUT2D eigenvalue weighted by atomic mass is 9.95. The molecule has 0 radical (unpaired) electrons. The van der Waals surface area contributed by atoms with Crippen LogP contribution in [0.1, 0.15) is 55.9 Å². The zero-order valence-corrected chi connectivity index (χ0v) is 23.8. The number of methoxy groups -OCH3 is 2. The van der Waals surface area contributed by atoms with Gasteiger partial charge in [0.25, 0.3) is 0 Å². The first-order valence-electron chi connectivity index (χ1n) is 13.8. The molecule has 5 rings (SSSR count). The molecule has 1 saturated heterocycles. The molecule has 214 valence electrons. The molecule has 12 heteroatoms. The van der Waals surface area contributed by atoms with Crippen molar-refractivity contribution in [3.63, 3.8) is 0 Å². The van der Waals surface area contributed by atoms with E-state index in [4.69, 9.17) is 14.2 Å². The van der Waals surface area contributed by atoms with E-state index < -0.39 is 6.04 Å². The molecule has 1 aliphatic heterocycles. The molecule has 3 aromatic rings. The normalized spacial score (nSPS) is 18.3. The van der Waals surface area contributed by atoms with Gasteiger partial charge >= 0.3 is 0 Å². The minimum absolute atomic E-state index is 0.125. The SMILES string of the molecule is COc1ccc(-c2nnn(CC(=O)N(CC3CCCO3)C(C(=O)NC3CCCCC3)c3cccs3)n2)cc1OC. The average Bonchev–Trinajstić information content (AvgIpc) is 3.77. The summed E-state index contributed by atoms with van der Waals surface area (Å²) in [5.41, 5.74) is 0.677. The van der Waals surface area contributed by atoms with Gasteiger partial charge in [-0.2, -0.15) is 4.80 Å². The van der Waals surface area contributed by atoms with Crippen LogP contribution in [0.15, 0.2) is 35.7 Å². The van der Waals surface area contributed by atoms with E-state index in [2.05, 4.69) is 20.7 Å². The van der Waals surface area contributed by atoms with E-state index in [1.54, 1.807) is 37.3 Å². The van der Waals surface area contributed by atoms with Crippen LogP contribution in [0.25, 0.3) is 11.4 Å². The van der Waals surface area contributed by atoms with E-state index in [1.165, 1.54) is 22.6 Å². The molecule has 2 unspecified atom stereocenters. The zero-order chi connectivity index (χ0) is 27.9. The Kier molecular flexibility index (Phi) is 9.27. The molecule has 2 atom stereocenters. The van der Waals surface area contributed by atoms with Crippen molar-refractivity contribution in [3.05, 3.63) is 40.6 Å². The average molecular weight is 569 g/mol. The smallest absolute Gasteiger partial charge is 0.248 e. The highest BCUT2D eigenvalue weighted by Crippen LogP contribution is 2.31. The highest BCUT2D eigenvalue weighted by molar-refractivity contribution is 7.10. The van der Waals surface area contributed by atoms with Gasteiger partial charge in [0.15, 0.2) is 11.5 Å². The minimum Gasteiger partial charge on any atom is -0.493 e. The van der Waals surface area contributed by atoms with E-state index in [1.807, 2.05) is 17.5 Å². The summed E-state index contributed by atoms with van der Waals surface area (Å²) in [6.07, 6.45) is 6.98. The second-order valence-corrected chi connectivity index (χ2v) is 11.1. The predicted octanol–water partition coefficient (Wildman–Crippen LogP) is 3.62. The third kappa shape index (κ3) is 6.61. The lowest BCUT2D eigenvalue weighted by Crippen LogP contribution is -2.49. The number of thiophene rings is 1. The Bertz CT molecular complexity index is 1270. The standard InChI is InChI=1S/C28H36N6O5S/c1-37-22-13-12-19(16-23(22)38-2)27-30-32-34(31-27)18-25(35)33(17-21-10-6-14-39-21)26(24-11-7-15-40-24)28(36)29-20-8-4-3-5-9-20/h7,11-13,15-16,20-21,26H,3-6,8-10,14,17-18H2,1-2H3,(H,29,36). The predicted molar refractivity (Wildman–Crippen MR) is 149 cm³/mol. The van der Waals surface area contributed by atoms with Gasteiger partial charge in [0.2, 0.25) is 17.6 Å². The van der Waals surface area contributed by atoms with Crippen molar-refractivity contribution < 1.29 is 23.8 Å². The summed E-state index contributed by atoms with van der Waals surface area (Å²) in [6, 6.07) is 8.51. The molecule has 40 heavy (non-hydrogen) atoms. The maximum absolute atomic E-state index is 13.9. The van der Waals surface area contributed by atoms with E-state index in [0.29, 0.717) is 36.0 Å². The summed E-state index contributed by atoms with van der Waals surface area (Å²) in [7, 11) is 3.13. The van der Waals surface area contributed by atoms with Gasteiger partial charge in [-0.05, 0) is 60.5 Å². The fourth-order valence-corrected chi connectivity index (χ4v) is 6.20. The van der Waals surface area contributed by atoms with Crippen molar-refractivity contribution in [2.75, 3.05) is 27.4 Å². The van der Waals surface area contributed by atoms with Crippen LogP contribution in [-0.4, -0.2) is 76.4 Å². The van der Waals surface area contributed by atoms with Crippen LogP contribution in [0.4, 0.5) is 0 Å². The van der Waals surface area contributed by atoms with Gasteiger partial charge < -0.3 is 24.4 Å². The quantitative estimate of drug-likeness (QED) is 0.372. The Morgan fingerprint density at radius 2 is 1.95 bits per heavy atom. The Labute approximate surface area is 237 Å². The van der Waals surface area contributed by atoms with Crippen LogP contribution >= 0.6 is 11.3 Å². The summed E-state index contributed by atoms with van der Waals surface area (Å²) in [6.45, 7) is 0.812. The molecule has 0 bridgehead atoms. The van der Waals surface area contributed by atoms with Crippen molar-refractivity contribution in [2.24, 2.45) is 0 Å². The molecule has 2 aromatic heterocycles. The Morgan fingerprint density at radius 3 is 2.65 bits per heavy atom. The van der Waals surface area contributed by atoms with Crippen molar-refractivity contribution in [1.29, 1.82) is 0 Å². The van der Waals surface area contributed by atoms with Crippen LogP contribution in [0, 0.1) is 0 Å². The number of tetrazole rings is 1. The minimum atomic E-state index is -0.757. The first-order valence-corrected chi connectivity index (χ1v) is 14.7. The number of carbonyl (C=O) groups excluding carboxylic acids is 2. The molecule has 1 aliphatic carbocycles. The maximum atomic E-state index is 13.9. The van der Waals surface area contributed by atoms with Crippen LogP contribution in [-0.2, 0) is 20.9 Å². The van der Waals surface area contributed by atoms with Gasteiger partial charge in [-0.1, -0.05) is 25.3 Å². The lowest BCUT2D eigenvalue weighted by molar-refractivity contribution is -0.143. The second-order valence-electron chi connectivity index (χ2n) is 10.2. The largest absolute Gasteiger partial charge is 0.493 e. The monoisotopic (exact) mass is 568 g/mol. The molecule has 0 spiro atoms.